The van der Waals surface area contributed by atoms with Crippen LogP contribution in [0.3, 0.4) is 0 Å². The third kappa shape index (κ3) is 2.37. The first-order chi connectivity index (χ1) is 6.36. The lowest BCUT2D eigenvalue weighted by atomic mass is 10.00. The van der Waals surface area contributed by atoms with Crippen LogP contribution in [0.4, 0.5) is 0 Å². The smallest absolute Gasteiger partial charge is 0.131 e. The molecule has 2 heterocycles. The van der Waals surface area contributed by atoms with E-state index < -0.39 is 0 Å². The van der Waals surface area contributed by atoms with Crippen LogP contribution in [0.15, 0.2) is 12.4 Å². The minimum Gasteiger partial charge on any atom is -0.381 e. The van der Waals surface area contributed by atoms with Gasteiger partial charge in [0.15, 0.2) is 0 Å². The van der Waals surface area contributed by atoms with Crippen molar-refractivity contribution in [2.24, 2.45) is 0 Å². The average molecular weight is 290 g/mol. The molecule has 0 spiro atoms. The molecule has 0 saturated carbocycles. The van der Waals surface area contributed by atoms with Crippen molar-refractivity contribution in [3.63, 3.8) is 0 Å². The quantitative estimate of drug-likeness (QED) is 0.742. The maximum absolute atomic E-state index is 5.29. The first-order valence-electron chi connectivity index (χ1n) is 4.41. The topological polar surface area (TPSA) is 35.0 Å². The first kappa shape index (κ1) is 9.33. The van der Waals surface area contributed by atoms with Gasteiger partial charge in [-0.05, 0) is 35.4 Å². The molecular weight excluding hydrogens is 279 g/mol. The summed E-state index contributed by atoms with van der Waals surface area (Å²) in [6.07, 6.45) is 5.86. The van der Waals surface area contributed by atoms with Crippen LogP contribution in [0.5, 0.6) is 0 Å². The molecule has 0 aromatic carbocycles. The zero-order valence-electron chi connectivity index (χ0n) is 7.24. The van der Waals surface area contributed by atoms with Crippen molar-refractivity contribution < 1.29 is 4.74 Å². The van der Waals surface area contributed by atoms with Crippen LogP contribution < -0.4 is 0 Å². The van der Waals surface area contributed by atoms with Gasteiger partial charge in [-0.15, -0.1) is 0 Å². The molecule has 0 atom stereocenters. The second-order valence-corrected chi connectivity index (χ2v) is 4.39. The van der Waals surface area contributed by atoms with Crippen molar-refractivity contribution in [2.45, 2.75) is 18.8 Å². The van der Waals surface area contributed by atoms with Crippen molar-refractivity contribution >= 4 is 22.6 Å². The van der Waals surface area contributed by atoms with Gasteiger partial charge >= 0.3 is 0 Å². The third-order valence-corrected chi connectivity index (χ3v) is 2.78. The van der Waals surface area contributed by atoms with Crippen LogP contribution in [-0.4, -0.2) is 23.2 Å². The molecule has 1 aromatic heterocycles. The monoisotopic (exact) mass is 290 g/mol. The first-order valence-corrected chi connectivity index (χ1v) is 5.49. The Labute approximate surface area is 91.1 Å². The number of halogens is 1. The van der Waals surface area contributed by atoms with E-state index in [4.69, 9.17) is 4.74 Å². The van der Waals surface area contributed by atoms with E-state index in [2.05, 4.69) is 32.6 Å². The van der Waals surface area contributed by atoms with Crippen LogP contribution in [0.2, 0.25) is 0 Å². The third-order valence-electron chi connectivity index (χ3n) is 2.23. The summed E-state index contributed by atoms with van der Waals surface area (Å²) in [6.45, 7) is 1.69. The van der Waals surface area contributed by atoms with Gasteiger partial charge in [0, 0.05) is 35.1 Å². The van der Waals surface area contributed by atoms with E-state index in [1.54, 1.807) is 0 Å². The van der Waals surface area contributed by atoms with Gasteiger partial charge in [0.1, 0.15) is 5.82 Å². The number of ether oxygens (including phenoxy) is 1. The Morgan fingerprint density at radius 2 is 1.85 bits per heavy atom. The van der Waals surface area contributed by atoms with Crippen LogP contribution in [0.1, 0.15) is 24.6 Å². The highest BCUT2D eigenvalue weighted by Crippen LogP contribution is 2.23. The Bertz CT molecular complexity index is 269. The van der Waals surface area contributed by atoms with E-state index in [1.165, 1.54) is 0 Å². The zero-order chi connectivity index (χ0) is 9.10. The number of aromatic nitrogens is 2. The molecular formula is C9H11IN2O. The van der Waals surface area contributed by atoms with Gasteiger partial charge < -0.3 is 4.74 Å². The predicted octanol–water partition coefficient (Wildman–Crippen LogP) is 1.98. The molecule has 1 aromatic rings. The molecule has 0 unspecified atom stereocenters. The van der Waals surface area contributed by atoms with E-state index in [1.807, 2.05) is 12.4 Å². The fourth-order valence-corrected chi connectivity index (χ4v) is 1.77. The fourth-order valence-electron chi connectivity index (χ4n) is 1.49. The molecule has 1 saturated heterocycles. The summed E-state index contributed by atoms with van der Waals surface area (Å²) in [5.41, 5.74) is 0. The molecule has 3 nitrogen and oxygen atoms in total. The number of nitrogens with zero attached hydrogens (tertiary/aromatic N) is 2. The largest absolute Gasteiger partial charge is 0.381 e. The molecule has 0 amide bonds. The van der Waals surface area contributed by atoms with E-state index in [0.717, 1.165) is 35.4 Å². The minimum atomic E-state index is 0.505. The summed E-state index contributed by atoms with van der Waals surface area (Å²) in [4.78, 5) is 8.66. The van der Waals surface area contributed by atoms with Crippen LogP contribution >= 0.6 is 22.6 Å². The van der Waals surface area contributed by atoms with Gasteiger partial charge in [-0.3, -0.25) is 0 Å². The second-order valence-electron chi connectivity index (χ2n) is 3.15. The van der Waals surface area contributed by atoms with E-state index >= 15 is 0 Å². The van der Waals surface area contributed by atoms with Crippen LogP contribution in [0.25, 0.3) is 0 Å². The number of hydrogen-bond acceptors (Lipinski definition) is 3. The number of hydrogen-bond donors (Lipinski definition) is 0. The van der Waals surface area contributed by atoms with Crippen molar-refractivity contribution in [1.29, 1.82) is 0 Å². The lowest BCUT2D eigenvalue weighted by Gasteiger charge is -2.20. The van der Waals surface area contributed by atoms with Crippen molar-refractivity contribution in [1.82, 2.24) is 9.97 Å². The Balaban J connectivity index is 2.10. The molecule has 13 heavy (non-hydrogen) atoms. The normalized spacial score (nSPS) is 18.8. The Morgan fingerprint density at radius 1 is 1.23 bits per heavy atom. The lowest BCUT2D eigenvalue weighted by molar-refractivity contribution is 0.0835. The van der Waals surface area contributed by atoms with E-state index in [0.29, 0.717) is 5.92 Å². The van der Waals surface area contributed by atoms with Gasteiger partial charge in [-0.25, -0.2) is 9.97 Å². The molecule has 1 aliphatic rings. The summed E-state index contributed by atoms with van der Waals surface area (Å²) in [5, 5.41) is 0. The summed E-state index contributed by atoms with van der Waals surface area (Å²) in [6, 6.07) is 0. The summed E-state index contributed by atoms with van der Waals surface area (Å²) in [5.74, 6) is 1.48. The molecule has 1 fully saturated rings. The molecule has 2 rings (SSSR count). The highest BCUT2D eigenvalue weighted by Gasteiger charge is 2.17. The van der Waals surface area contributed by atoms with Crippen LogP contribution in [-0.2, 0) is 4.74 Å². The summed E-state index contributed by atoms with van der Waals surface area (Å²) in [7, 11) is 0. The molecule has 0 aliphatic carbocycles. The van der Waals surface area contributed by atoms with E-state index in [-0.39, 0.29) is 0 Å². The van der Waals surface area contributed by atoms with Gasteiger partial charge in [-0.1, -0.05) is 0 Å². The highest BCUT2D eigenvalue weighted by atomic mass is 127. The van der Waals surface area contributed by atoms with Gasteiger partial charge in [0.05, 0.1) is 0 Å². The predicted molar refractivity (Wildman–Crippen MR) is 57.5 cm³/mol. The molecule has 0 bridgehead atoms. The lowest BCUT2D eigenvalue weighted by Crippen LogP contribution is -2.16. The molecule has 70 valence electrons. The van der Waals surface area contributed by atoms with Gasteiger partial charge in [0.2, 0.25) is 0 Å². The maximum atomic E-state index is 5.29. The molecule has 0 N–H and O–H groups in total. The molecule has 4 heteroatoms. The number of rotatable bonds is 1. The summed E-state index contributed by atoms with van der Waals surface area (Å²) >= 11 is 2.22. The minimum absolute atomic E-state index is 0.505. The maximum Gasteiger partial charge on any atom is 0.131 e. The van der Waals surface area contributed by atoms with Gasteiger partial charge in [-0.2, -0.15) is 0 Å². The molecule has 1 aliphatic heterocycles. The summed E-state index contributed by atoms with van der Waals surface area (Å²) < 4.78 is 6.38. The van der Waals surface area contributed by atoms with Crippen molar-refractivity contribution in [3.8, 4) is 0 Å². The second kappa shape index (κ2) is 4.32. The SMILES string of the molecule is Ic1cnc(C2CCOCC2)nc1. The average Bonchev–Trinajstić information content (AvgIpc) is 2.20. The van der Waals surface area contributed by atoms with Crippen LogP contribution in [0, 0.1) is 3.57 Å². The van der Waals surface area contributed by atoms with Crippen molar-refractivity contribution in [3.05, 3.63) is 21.8 Å². The Hall–Kier alpha value is -0.230. The van der Waals surface area contributed by atoms with Crippen molar-refractivity contribution in [2.75, 3.05) is 13.2 Å². The molecule has 0 radical (unpaired) electrons. The standard InChI is InChI=1S/C9H11IN2O/c10-8-5-11-9(12-6-8)7-1-3-13-4-2-7/h5-7H,1-4H2. The zero-order valence-corrected chi connectivity index (χ0v) is 9.40. The Morgan fingerprint density at radius 3 is 2.46 bits per heavy atom. The van der Waals surface area contributed by atoms with E-state index in [9.17, 15) is 0 Å². The van der Waals surface area contributed by atoms with Gasteiger partial charge in [0.25, 0.3) is 0 Å². The Kier molecular flexibility index (Phi) is 3.10. The fraction of sp³-hybridized carbons (Fsp3) is 0.556. The highest BCUT2D eigenvalue weighted by molar-refractivity contribution is 14.1.